The average Bonchev–Trinajstić information content (AvgIpc) is 1.48. The number of thiophene rings is 1. The molecule has 1 aliphatic carbocycles. The highest BCUT2D eigenvalue weighted by Crippen LogP contribution is 2.54. The van der Waals surface area contributed by atoms with Crippen LogP contribution in [0.25, 0.3) is 252 Å². The second-order valence-corrected chi connectivity index (χ2v) is 35.4. The summed E-state index contributed by atoms with van der Waals surface area (Å²) in [5.41, 5.74) is 19.5. The third-order valence-electron chi connectivity index (χ3n) is 26.4. The van der Waals surface area contributed by atoms with Gasteiger partial charge in [0.2, 0.25) is 0 Å². The van der Waals surface area contributed by atoms with Crippen molar-refractivity contribution in [1.29, 1.82) is 0 Å². The Morgan fingerprint density at radius 3 is 0.977 bits per heavy atom. The van der Waals surface area contributed by atoms with Crippen molar-refractivity contribution in [3.05, 3.63) is 442 Å². The maximum absolute atomic E-state index is 6.72. The molecule has 1 aliphatic rings. The molecule has 0 radical (unpaired) electrons. The van der Waals surface area contributed by atoms with Crippen LogP contribution in [0.2, 0.25) is 0 Å². The molecule has 0 unspecified atom stereocenters. The van der Waals surface area contributed by atoms with Crippen molar-refractivity contribution in [1.82, 2.24) is 34.9 Å². The minimum Gasteiger partial charge on any atom is -0.455 e. The normalized spacial score (nSPS) is 12.3. The smallest absolute Gasteiger partial charge is 0.165 e. The fourth-order valence-corrected chi connectivity index (χ4v) is 21.5. The molecule has 0 saturated heterocycles. The van der Waals surface area contributed by atoms with Crippen LogP contribution in [0.3, 0.4) is 0 Å². The summed E-state index contributed by atoms with van der Waals surface area (Å²) in [6.45, 7) is 4.71. The Balaban J connectivity index is 0.000000106. The van der Waals surface area contributed by atoms with Crippen molar-refractivity contribution in [2.45, 2.75) is 19.3 Å². The molecule has 0 atom stereocenters. The molecule has 0 saturated carbocycles. The number of benzene rings is 21. The largest absolute Gasteiger partial charge is 0.455 e. The van der Waals surface area contributed by atoms with E-state index in [0.29, 0.717) is 23.3 Å². The third kappa shape index (κ3) is 13.1. The van der Waals surface area contributed by atoms with Crippen LogP contribution in [0.4, 0.5) is 0 Å². The zero-order valence-electron chi connectivity index (χ0n) is 71.4. The van der Waals surface area contributed by atoms with Crippen LogP contribution in [-0.2, 0) is 5.41 Å². The highest BCUT2D eigenvalue weighted by Gasteiger charge is 2.37. The molecule has 131 heavy (non-hydrogen) atoms. The SMILES string of the molecule is CC1(C)c2cc(-c3nc(-c4ccccc4)cc(-c4ccccc4)n3)ccc2-c2cc3c4ccccc4c4ccccc4c3cc21.c1ccc(-c2cc(-c3ccccc3)nc(-c3cccc4c3oc3cc5c6ccccc6c6ccccc6c5cc34)n2)cc1.c1ccc(-c2nc(-c3ccccc3)nc(-c3cccc4c3sc3c4ccc4c5ccccc5c5ccccc5c43)n2)cc1. The molecule has 0 N–H and O–H groups in total. The summed E-state index contributed by atoms with van der Waals surface area (Å²) in [5.74, 6) is 3.41. The van der Waals surface area contributed by atoms with Gasteiger partial charge in [0.15, 0.2) is 29.1 Å². The van der Waals surface area contributed by atoms with Gasteiger partial charge in [0, 0.05) is 86.3 Å². The van der Waals surface area contributed by atoms with Gasteiger partial charge in [-0.25, -0.2) is 34.9 Å². The predicted molar refractivity (Wildman–Crippen MR) is 548 cm³/mol. The number of aromatic nitrogens is 7. The van der Waals surface area contributed by atoms with Crippen molar-refractivity contribution in [3.63, 3.8) is 0 Å². The lowest BCUT2D eigenvalue weighted by molar-refractivity contribution is 0.661. The zero-order chi connectivity index (χ0) is 86.8. The summed E-state index contributed by atoms with van der Waals surface area (Å²) in [6, 6.07) is 152. The highest BCUT2D eigenvalue weighted by atomic mass is 32.1. The molecule has 9 heteroatoms. The lowest BCUT2D eigenvalue weighted by Gasteiger charge is -2.23. The van der Waals surface area contributed by atoms with Gasteiger partial charge in [-0.05, 0) is 168 Å². The van der Waals surface area contributed by atoms with E-state index in [0.717, 1.165) is 101 Å². The predicted octanol–water partition coefficient (Wildman–Crippen LogP) is 32.8. The molecular formula is C122H77N7OS. The lowest BCUT2D eigenvalue weighted by atomic mass is 9.80. The summed E-state index contributed by atoms with van der Waals surface area (Å²) in [6.07, 6.45) is 0. The first kappa shape index (κ1) is 76.6. The molecule has 5 heterocycles. The molecular weight excluding hydrogens is 1610 g/mol. The quantitative estimate of drug-likeness (QED) is 0.132. The number of para-hydroxylation sites is 1. The Labute approximate surface area is 758 Å². The van der Waals surface area contributed by atoms with E-state index in [2.05, 4.69) is 360 Å². The van der Waals surface area contributed by atoms with Crippen LogP contribution in [0.1, 0.15) is 25.0 Å². The zero-order valence-corrected chi connectivity index (χ0v) is 72.3. The minimum atomic E-state index is -0.180. The van der Waals surface area contributed by atoms with Crippen LogP contribution in [-0.4, -0.2) is 34.9 Å². The van der Waals surface area contributed by atoms with E-state index in [-0.39, 0.29) is 5.41 Å². The molecule has 0 aliphatic heterocycles. The van der Waals surface area contributed by atoms with E-state index < -0.39 is 0 Å². The van der Waals surface area contributed by atoms with Gasteiger partial charge >= 0.3 is 0 Å². The first-order valence-electron chi connectivity index (χ1n) is 44.5. The topological polar surface area (TPSA) is 103 Å². The van der Waals surface area contributed by atoms with Crippen LogP contribution < -0.4 is 0 Å². The minimum absolute atomic E-state index is 0.180. The molecule has 0 spiro atoms. The van der Waals surface area contributed by atoms with Crippen LogP contribution in [0.15, 0.2) is 435 Å². The molecule has 27 rings (SSSR count). The monoisotopic (exact) mass is 1690 g/mol. The summed E-state index contributed by atoms with van der Waals surface area (Å²) < 4.78 is 9.20. The molecule has 21 aromatic carbocycles. The summed E-state index contributed by atoms with van der Waals surface area (Å²) >= 11 is 1.84. The Morgan fingerprint density at radius 1 is 0.191 bits per heavy atom. The van der Waals surface area contributed by atoms with Crippen molar-refractivity contribution >= 4 is 150 Å². The molecule has 0 fully saturated rings. The van der Waals surface area contributed by atoms with Gasteiger partial charge in [0.25, 0.3) is 0 Å². The maximum atomic E-state index is 6.72. The standard InChI is InChI=1S/C43H30N2.C40H24N2O.C39H23N3S/c1-43(2)38-23-29(42-44-40(27-13-5-3-6-14-27)26-41(45-42)28-15-7-4-8-16-28)21-22-34(38)37-24-35-32-19-11-9-17-30(32)31-18-10-12-20-33(31)36(35)25-39(37)43;1-3-12-25(13-4-1)36-24-37(26-14-5-2-6-15-26)42-40(41-36)32-21-11-20-31-35-22-33-29-18-9-7-16-27(29)28-17-8-10-19-30(28)34(33)23-38(35)43-39(31)32;1-3-12-24(13-4-1)37-40-38(25-14-5-2-6-15-25)42-39(41-37)33-21-11-20-31-32-23-22-30-28-18-8-7-16-26(28)27-17-9-10-19-29(27)34(30)36(32)43-35(31)33/h3-26H,1-2H3;1-24H;1-23H. The number of furan rings is 1. The van der Waals surface area contributed by atoms with Crippen molar-refractivity contribution in [3.8, 4) is 113 Å². The molecule has 8 nitrogen and oxygen atoms in total. The number of hydrogen-bond acceptors (Lipinski definition) is 9. The Bertz CT molecular complexity index is 8850. The van der Waals surface area contributed by atoms with Crippen LogP contribution in [0, 0.1) is 0 Å². The Kier molecular flexibility index (Phi) is 18.3. The van der Waals surface area contributed by atoms with E-state index in [4.69, 9.17) is 39.3 Å². The Hall–Kier alpha value is -16.9. The van der Waals surface area contributed by atoms with E-state index >= 15 is 0 Å². The maximum Gasteiger partial charge on any atom is 0.165 e. The number of hydrogen-bond donors (Lipinski definition) is 0. The van der Waals surface area contributed by atoms with E-state index in [9.17, 15) is 0 Å². The highest BCUT2D eigenvalue weighted by molar-refractivity contribution is 7.27. The van der Waals surface area contributed by atoms with Crippen molar-refractivity contribution in [2.75, 3.05) is 0 Å². The van der Waals surface area contributed by atoms with Crippen LogP contribution in [0.5, 0.6) is 0 Å². The third-order valence-corrected chi connectivity index (χ3v) is 27.7. The number of fused-ring (bicyclic) bond motifs is 28. The van der Waals surface area contributed by atoms with Gasteiger partial charge in [-0.1, -0.05) is 390 Å². The fraction of sp³-hybridized carbons (Fsp3) is 0.0246. The average molecular weight is 1690 g/mol. The van der Waals surface area contributed by atoms with E-state index in [1.807, 2.05) is 96.3 Å². The van der Waals surface area contributed by atoms with Crippen molar-refractivity contribution in [2.24, 2.45) is 0 Å². The van der Waals surface area contributed by atoms with Gasteiger partial charge < -0.3 is 4.42 Å². The Morgan fingerprint density at radius 2 is 0.511 bits per heavy atom. The number of rotatable bonds is 9. The van der Waals surface area contributed by atoms with E-state index in [1.165, 1.54) is 139 Å². The molecule has 26 aromatic rings. The molecule has 0 amide bonds. The summed E-state index contributed by atoms with van der Waals surface area (Å²) in [5, 5.41) is 27.6. The van der Waals surface area contributed by atoms with Crippen molar-refractivity contribution < 1.29 is 4.42 Å². The van der Waals surface area contributed by atoms with Gasteiger partial charge in [0.05, 0.1) is 28.3 Å². The summed E-state index contributed by atoms with van der Waals surface area (Å²) in [4.78, 5) is 35.4. The first-order chi connectivity index (χ1) is 64.7. The van der Waals surface area contributed by atoms with Crippen LogP contribution >= 0.6 is 11.3 Å². The van der Waals surface area contributed by atoms with Gasteiger partial charge in [-0.2, -0.15) is 0 Å². The molecule has 5 aromatic heterocycles. The van der Waals surface area contributed by atoms with E-state index in [1.54, 1.807) is 0 Å². The second kappa shape index (κ2) is 31.3. The fourth-order valence-electron chi connectivity index (χ4n) is 20.2. The van der Waals surface area contributed by atoms with Gasteiger partial charge in [0.1, 0.15) is 11.2 Å². The second-order valence-electron chi connectivity index (χ2n) is 34.4. The van der Waals surface area contributed by atoms with Gasteiger partial charge in [-0.15, -0.1) is 11.3 Å². The lowest BCUT2D eigenvalue weighted by Crippen LogP contribution is -2.15. The molecule has 0 bridgehead atoms. The first-order valence-corrected chi connectivity index (χ1v) is 45.3. The number of nitrogens with zero attached hydrogens (tertiary/aromatic N) is 7. The summed E-state index contributed by atoms with van der Waals surface area (Å²) in [7, 11) is 0. The molecule has 612 valence electrons. The van der Waals surface area contributed by atoms with Gasteiger partial charge in [-0.3, -0.25) is 0 Å².